The highest BCUT2D eigenvalue weighted by Gasteiger charge is 2.19. The molecule has 0 atom stereocenters. The van der Waals surface area contributed by atoms with Gasteiger partial charge in [0.1, 0.15) is 12.2 Å². The van der Waals surface area contributed by atoms with Crippen LogP contribution in [0.25, 0.3) is 11.3 Å². The van der Waals surface area contributed by atoms with Gasteiger partial charge < -0.3 is 19.7 Å². The minimum absolute atomic E-state index is 0.224. The van der Waals surface area contributed by atoms with E-state index in [0.717, 1.165) is 11.3 Å². The van der Waals surface area contributed by atoms with Gasteiger partial charge in [0.05, 0.1) is 6.61 Å². The normalized spacial score (nSPS) is 10.4. The minimum atomic E-state index is -1.06. The fraction of sp³-hybridized carbons (Fsp3) is 0.250. The molecule has 1 aromatic heterocycles. The molecule has 1 heterocycles. The quantitative estimate of drug-likeness (QED) is 0.817. The lowest BCUT2D eigenvalue weighted by molar-refractivity contribution is -0.137. The molecule has 2 N–H and O–H groups in total. The second-order valence-electron chi connectivity index (χ2n) is 4.76. The molecule has 6 heteroatoms. The SMILES string of the molecule is COCCN(CC(=O)O)C(=O)c1ccc(-c2ccccc2)[nH]1. The first-order valence-electron chi connectivity index (χ1n) is 6.86. The van der Waals surface area contributed by atoms with Gasteiger partial charge in [0.15, 0.2) is 0 Å². The Labute approximate surface area is 128 Å². The molecule has 0 spiro atoms. The van der Waals surface area contributed by atoms with E-state index in [9.17, 15) is 9.59 Å². The molecule has 0 saturated carbocycles. The number of hydrogen-bond donors (Lipinski definition) is 2. The lowest BCUT2D eigenvalue weighted by Crippen LogP contribution is -2.38. The van der Waals surface area contributed by atoms with Gasteiger partial charge in [-0.25, -0.2) is 0 Å². The third-order valence-corrected chi connectivity index (χ3v) is 3.18. The predicted octanol–water partition coefficient (Wildman–Crippen LogP) is 1.85. The number of carbonyl (C=O) groups excluding carboxylic acids is 1. The van der Waals surface area contributed by atoms with Crippen LogP contribution < -0.4 is 0 Å². The van der Waals surface area contributed by atoms with E-state index in [0.29, 0.717) is 5.69 Å². The maximum absolute atomic E-state index is 12.4. The molecule has 0 radical (unpaired) electrons. The highest BCUT2D eigenvalue weighted by atomic mass is 16.5. The zero-order valence-corrected chi connectivity index (χ0v) is 12.3. The molecule has 0 fully saturated rings. The van der Waals surface area contributed by atoms with E-state index in [2.05, 4.69) is 4.98 Å². The summed E-state index contributed by atoms with van der Waals surface area (Å²) < 4.78 is 4.92. The summed E-state index contributed by atoms with van der Waals surface area (Å²) in [5.74, 6) is -1.42. The Bertz CT molecular complexity index is 637. The van der Waals surface area contributed by atoms with E-state index in [-0.39, 0.29) is 25.6 Å². The number of hydrogen-bond acceptors (Lipinski definition) is 3. The fourth-order valence-corrected chi connectivity index (χ4v) is 2.09. The van der Waals surface area contributed by atoms with Crippen molar-refractivity contribution in [1.29, 1.82) is 0 Å². The lowest BCUT2D eigenvalue weighted by Gasteiger charge is -2.19. The number of aromatic amines is 1. The number of benzene rings is 1. The summed E-state index contributed by atoms with van der Waals surface area (Å²) in [7, 11) is 1.51. The number of ether oxygens (including phenoxy) is 1. The van der Waals surface area contributed by atoms with Crippen molar-refractivity contribution in [3.63, 3.8) is 0 Å². The summed E-state index contributed by atoms with van der Waals surface area (Å²) in [5.41, 5.74) is 2.13. The Morgan fingerprint density at radius 1 is 1.18 bits per heavy atom. The number of carboxylic acids is 1. The maximum Gasteiger partial charge on any atom is 0.323 e. The Morgan fingerprint density at radius 3 is 2.55 bits per heavy atom. The monoisotopic (exact) mass is 302 g/mol. The lowest BCUT2D eigenvalue weighted by atomic mass is 10.2. The number of aliphatic carboxylic acids is 1. The number of aromatic nitrogens is 1. The van der Waals surface area contributed by atoms with Crippen LogP contribution in [0, 0.1) is 0 Å². The molecule has 0 unspecified atom stereocenters. The molecule has 1 amide bonds. The largest absolute Gasteiger partial charge is 0.480 e. The number of amides is 1. The third kappa shape index (κ3) is 3.95. The smallest absolute Gasteiger partial charge is 0.323 e. The summed E-state index contributed by atoms with van der Waals surface area (Å²) in [5, 5.41) is 8.92. The van der Waals surface area contributed by atoms with Gasteiger partial charge >= 0.3 is 5.97 Å². The number of carbonyl (C=O) groups is 2. The van der Waals surface area contributed by atoms with Crippen molar-refractivity contribution in [3.8, 4) is 11.3 Å². The summed E-state index contributed by atoms with van der Waals surface area (Å²) in [6, 6.07) is 13.1. The highest BCUT2D eigenvalue weighted by Crippen LogP contribution is 2.18. The van der Waals surface area contributed by atoms with Gasteiger partial charge in [-0.1, -0.05) is 30.3 Å². The van der Waals surface area contributed by atoms with Crippen LogP contribution in [0.15, 0.2) is 42.5 Å². The first kappa shape index (κ1) is 15.8. The van der Waals surface area contributed by atoms with Crippen LogP contribution in [0.3, 0.4) is 0 Å². The number of H-pyrrole nitrogens is 1. The molecule has 0 saturated heterocycles. The minimum Gasteiger partial charge on any atom is -0.480 e. The van der Waals surface area contributed by atoms with Crippen LogP contribution in [-0.2, 0) is 9.53 Å². The Balaban J connectivity index is 2.16. The molecule has 22 heavy (non-hydrogen) atoms. The zero-order valence-electron chi connectivity index (χ0n) is 12.3. The summed E-state index contributed by atoms with van der Waals surface area (Å²) in [4.78, 5) is 27.6. The first-order chi connectivity index (χ1) is 10.6. The van der Waals surface area contributed by atoms with Gasteiger partial charge in [-0.2, -0.15) is 0 Å². The van der Waals surface area contributed by atoms with Gasteiger partial charge in [0.2, 0.25) is 0 Å². The molecule has 0 aliphatic heterocycles. The fourth-order valence-electron chi connectivity index (χ4n) is 2.09. The zero-order chi connectivity index (χ0) is 15.9. The number of nitrogens with one attached hydrogen (secondary N) is 1. The molecule has 0 aliphatic carbocycles. The average molecular weight is 302 g/mol. The van der Waals surface area contributed by atoms with Crippen molar-refractivity contribution in [1.82, 2.24) is 9.88 Å². The average Bonchev–Trinajstić information content (AvgIpc) is 3.01. The van der Waals surface area contributed by atoms with Gasteiger partial charge in [0.25, 0.3) is 5.91 Å². The topological polar surface area (TPSA) is 82.6 Å². The molecule has 0 aliphatic rings. The standard InChI is InChI=1S/C16H18N2O4/c1-22-10-9-18(11-15(19)20)16(21)14-8-7-13(17-14)12-5-3-2-4-6-12/h2-8,17H,9-11H2,1H3,(H,19,20). The molecule has 2 rings (SSSR count). The molecule has 0 bridgehead atoms. The molecule has 116 valence electrons. The van der Waals surface area contributed by atoms with E-state index in [4.69, 9.17) is 9.84 Å². The van der Waals surface area contributed by atoms with Crippen molar-refractivity contribution in [2.24, 2.45) is 0 Å². The Hall–Kier alpha value is -2.60. The second-order valence-corrected chi connectivity index (χ2v) is 4.76. The number of nitrogens with zero attached hydrogens (tertiary/aromatic N) is 1. The number of rotatable bonds is 7. The Kier molecular flexibility index (Phi) is 5.32. The van der Waals surface area contributed by atoms with Gasteiger partial charge in [-0.05, 0) is 17.7 Å². The van der Waals surface area contributed by atoms with Crippen LogP contribution in [0.2, 0.25) is 0 Å². The molecular formula is C16H18N2O4. The van der Waals surface area contributed by atoms with Gasteiger partial charge in [-0.15, -0.1) is 0 Å². The van der Waals surface area contributed by atoms with E-state index in [1.54, 1.807) is 12.1 Å². The van der Waals surface area contributed by atoms with E-state index >= 15 is 0 Å². The van der Waals surface area contributed by atoms with Crippen molar-refractivity contribution < 1.29 is 19.4 Å². The summed E-state index contributed by atoms with van der Waals surface area (Å²) in [6.45, 7) is 0.147. The number of methoxy groups -OCH3 is 1. The van der Waals surface area contributed by atoms with Crippen LogP contribution in [-0.4, -0.2) is 53.7 Å². The highest BCUT2D eigenvalue weighted by molar-refractivity contribution is 5.95. The van der Waals surface area contributed by atoms with Crippen molar-refractivity contribution in [3.05, 3.63) is 48.2 Å². The Morgan fingerprint density at radius 2 is 1.91 bits per heavy atom. The summed E-state index contributed by atoms with van der Waals surface area (Å²) in [6.07, 6.45) is 0. The van der Waals surface area contributed by atoms with Crippen molar-refractivity contribution >= 4 is 11.9 Å². The van der Waals surface area contributed by atoms with Crippen molar-refractivity contribution in [2.45, 2.75) is 0 Å². The van der Waals surface area contributed by atoms with Gasteiger partial charge in [-0.3, -0.25) is 9.59 Å². The molecular weight excluding hydrogens is 284 g/mol. The summed E-state index contributed by atoms with van der Waals surface area (Å²) >= 11 is 0. The van der Waals surface area contributed by atoms with E-state index in [1.165, 1.54) is 12.0 Å². The maximum atomic E-state index is 12.4. The third-order valence-electron chi connectivity index (χ3n) is 3.18. The van der Waals surface area contributed by atoms with Crippen LogP contribution in [0.1, 0.15) is 10.5 Å². The van der Waals surface area contributed by atoms with E-state index in [1.807, 2.05) is 30.3 Å². The number of carboxylic acid groups (broad SMARTS) is 1. The molecule has 2 aromatic rings. The second kappa shape index (κ2) is 7.42. The molecule has 1 aromatic carbocycles. The van der Waals surface area contributed by atoms with Gasteiger partial charge in [0, 0.05) is 19.3 Å². The van der Waals surface area contributed by atoms with E-state index < -0.39 is 5.97 Å². The first-order valence-corrected chi connectivity index (χ1v) is 6.86. The van der Waals surface area contributed by atoms with Crippen LogP contribution in [0.4, 0.5) is 0 Å². The van der Waals surface area contributed by atoms with Crippen LogP contribution in [0.5, 0.6) is 0 Å². The predicted molar refractivity (Wildman–Crippen MR) is 81.6 cm³/mol. The molecule has 6 nitrogen and oxygen atoms in total. The van der Waals surface area contributed by atoms with Crippen molar-refractivity contribution in [2.75, 3.05) is 26.8 Å². The van der Waals surface area contributed by atoms with Crippen LogP contribution >= 0.6 is 0 Å².